The average molecular weight is 301 g/mol. The maximum Gasteiger partial charge on any atom is 0.224 e. The van der Waals surface area contributed by atoms with E-state index in [1.165, 1.54) is 12.1 Å². The summed E-state index contributed by atoms with van der Waals surface area (Å²) in [6.07, 6.45) is 4.69. The van der Waals surface area contributed by atoms with Gasteiger partial charge in [-0.1, -0.05) is 18.6 Å². The molecule has 1 saturated carbocycles. The largest absolute Gasteiger partial charge is 0.356 e. The van der Waals surface area contributed by atoms with Gasteiger partial charge in [0.1, 0.15) is 5.82 Å². The molecule has 3 N–H and O–H groups in total. The van der Waals surface area contributed by atoms with Gasteiger partial charge in [0.15, 0.2) is 0 Å². The van der Waals surface area contributed by atoms with E-state index in [2.05, 4.69) is 5.32 Å². The van der Waals surface area contributed by atoms with Crippen LogP contribution in [0.25, 0.3) is 0 Å². The molecular weight excluding hydrogens is 279 g/mol. The molecule has 20 heavy (non-hydrogen) atoms. The van der Waals surface area contributed by atoms with Crippen LogP contribution in [0.1, 0.15) is 31.2 Å². The molecule has 0 bridgehead atoms. The predicted octanol–water partition coefficient (Wildman–Crippen LogP) is 2.42. The normalized spacial score (nSPS) is 21.9. The van der Waals surface area contributed by atoms with Crippen LogP contribution in [0, 0.1) is 11.7 Å². The summed E-state index contributed by atoms with van der Waals surface area (Å²) < 4.78 is 12.7. The van der Waals surface area contributed by atoms with Gasteiger partial charge < -0.3 is 11.1 Å². The lowest BCUT2D eigenvalue weighted by molar-refractivity contribution is -0.120. The Kier molecular flexibility index (Phi) is 6.96. The van der Waals surface area contributed by atoms with E-state index in [0.717, 1.165) is 31.2 Å². The highest BCUT2D eigenvalue weighted by atomic mass is 35.5. The van der Waals surface area contributed by atoms with Gasteiger partial charge in [-0.05, 0) is 42.9 Å². The number of rotatable bonds is 4. The molecular formula is C15H22ClFN2O. The Hall–Kier alpha value is -1.13. The molecule has 0 aliphatic heterocycles. The molecule has 2 unspecified atom stereocenters. The molecule has 0 radical (unpaired) electrons. The van der Waals surface area contributed by atoms with E-state index in [-0.39, 0.29) is 30.2 Å². The van der Waals surface area contributed by atoms with Crippen molar-refractivity contribution < 1.29 is 9.18 Å². The van der Waals surface area contributed by atoms with Crippen molar-refractivity contribution in [1.29, 1.82) is 0 Å². The molecule has 2 atom stereocenters. The van der Waals surface area contributed by atoms with Crippen LogP contribution in [0.4, 0.5) is 4.39 Å². The topological polar surface area (TPSA) is 55.1 Å². The molecule has 2 rings (SSSR count). The molecule has 1 aromatic carbocycles. The Morgan fingerprint density at radius 1 is 1.30 bits per heavy atom. The fraction of sp³-hybridized carbons (Fsp3) is 0.533. The number of hydrogen-bond donors (Lipinski definition) is 2. The van der Waals surface area contributed by atoms with Crippen molar-refractivity contribution in [2.45, 2.75) is 38.1 Å². The fourth-order valence-electron chi connectivity index (χ4n) is 2.63. The third kappa shape index (κ3) is 5.47. The Balaban J connectivity index is 0.00000200. The van der Waals surface area contributed by atoms with E-state index in [9.17, 15) is 9.18 Å². The Morgan fingerprint density at radius 2 is 2.00 bits per heavy atom. The molecule has 0 spiro atoms. The summed E-state index contributed by atoms with van der Waals surface area (Å²) >= 11 is 0. The molecule has 3 nitrogen and oxygen atoms in total. The van der Waals surface area contributed by atoms with E-state index in [1.54, 1.807) is 12.1 Å². The van der Waals surface area contributed by atoms with Crippen LogP contribution in [-0.2, 0) is 11.2 Å². The average Bonchev–Trinajstić information content (AvgIpc) is 2.39. The first-order chi connectivity index (χ1) is 9.13. The van der Waals surface area contributed by atoms with Crippen molar-refractivity contribution in [3.8, 4) is 0 Å². The first-order valence-electron chi connectivity index (χ1n) is 6.90. The first-order valence-corrected chi connectivity index (χ1v) is 6.90. The molecule has 5 heteroatoms. The summed E-state index contributed by atoms with van der Waals surface area (Å²) in [5.74, 6) is 0.215. The van der Waals surface area contributed by atoms with Crippen molar-refractivity contribution in [3.05, 3.63) is 35.6 Å². The highest BCUT2D eigenvalue weighted by Gasteiger charge is 2.19. The van der Waals surface area contributed by atoms with Gasteiger partial charge in [-0.3, -0.25) is 4.79 Å². The number of benzene rings is 1. The minimum Gasteiger partial charge on any atom is -0.356 e. The van der Waals surface area contributed by atoms with E-state index in [0.29, 0.717) is 18.9 Å². The Labute approximate surface area is 125 Å². The molecule has 112 valence electrons. The third-order valence-electron chi connectivity index (χ3n) is 3.69. The smallest absolute Gasteiger partial charge is 0.224 e. The summed E-state index contributed by atoms with van der Waals surface area (Å²) in [4.78, 5) is 11.8. The van der Waals surface area contributed by atoms with Crippen molar-refractivity contribution in [2.75, 3.05) is 6.54 Å². The lowest BCUT2D eigenvalue weighted by Gasteiger charge is -2.26. The van der Waals surface area contributed by atoms with Crippen LogP contribution in [0.2, 0.25) is 0 Å². The van der Waals surface area contributed by atoms with E-state index in [4.69, 9.17) is 5.73 Å². The zero-order chi connectivity index (χ0) is 13.7. The van der Waals surface area contributed by atoms with Gasteiger partial charge >= 0.3 is 0 Å². The predicted molar refractivity (Wildman–Crippen MR) is 80.3 cm³/mol. The van der Waals surface area contributed by atoms with Gasteiger partial charge in [-0.15, -0.1) is 12.4 Å². The summed E-state index contributed by atoms with van der Waals surface area (Å²) in [5.41, 5.74) is 6.75. The van der Waals surface area contributed by atoms with E-state index >= 15 is 0 Å². The number of hydrogen-bond acceptors (Lipinski definition) is 2. The lowest BCUT2D eigenvalue weighted by Crippen LogP contribution is -2.36. The monoisotopic (exact) mass is 300 g/mol. The van der Waals surface area contributed by atoms with Crippen LogP contribution in [0.5, 0.6) is 0 Å². The molecule has 1 aliphatic carbocycles. The lowest BCUT2D eigenvalue weighted by atomic mass is 9.86. The fourth-order valence-corrected chi connectivity index (χ4v) is 2.63. The SMILES string of the molecule is Cl.NC1CCCC(CNC(=O)Cc2ccc(F)cc2)C1. The Morgan fingerprint density at radius 3 is 2.65 bits per heavy atom. The van der Waals surface area contributed by atoms with Crippen molar-refractivity contribution in [3.63, 3.8) is 0 Å². The third-order valence-corrected chi connectivity index (χ3v) is 3.69. The zero-order valence-corrected chi connectivity index (χ0v) is 12.3. The van der Waals surface area contributed by atoms with E-state index < -0.39 is 0 Å². The number of halogens is 2. The van der Waals surface area contributed by atoms with Crippen molar-refractivity contribution in [1.82, 2.24) is 5.32 Å². The van der Waals surface area contributed by atoms with Gasteiger partial charge in [-0.25, -0.2) is 4.39 Å². The summed E-state index contributed by atoms with van der Waals surface area (Å²) in [7, 11) is 0. The summed E-state index contributed by atoms with van der Waals surface area (Å²) in [6, 6.07) is 6.33. The van der Waals surface area contributed by atoms with Gasteiger partial charge in [-0.2, -0.15) is 0 Å². The molecule has 0 heterocycles. The number of nitrogens with two attached hydrogens (primary N) is 1. The van der Waals surface area contributed by atoms with Gasteiger partial charge in [0.05, 0.1) is 6.42 Å². The van der Waals surface area contributed by atoms with E-state index in [1.807, 2.05) is 0 Å². The van der Waals surface area contributed by atoms with Gasteiger partial charge in [0, 0.05) is 12.6 Å². The zero-order valence-electron chi connectivity index (χ0n) is 11.5. The Bertz CT molecular complexity index is 424. The summed E-state index contributed by atoms with van der Waals surface area (Å²) in [5, 5.41) is 2.95. The second-order valence-electron chi connectivity index (χ2n) is 5.40. The highest BCUT2D eigenvalue weighted by Crippen LogP contribution is 2.22. The molecule has 1 amide bonds. The van der Waals surface area contributed by atoms with Crippen LogP contribution in [0.3, 0.4) is 0 Å². The minimum atomic E-state index is -0.277. The quantitative estimate of drug-likeness (QED) is 0.897. The van der Waals surface area contributed by atoms with Crippen molar-refractivity contribution in [2.24, 2.45) is 11.7 Å². The van der Waals surface area contributed by atoms with Crippen LogP contribution in [-0.4, -0.2) is 18.5 Å². The number of nitrogens with one attached hydrogen (secondary N) is 1. The number of amides is 1. The standard InChI is InChI=1S/C15H21FN2O.ClH/c16-13-6-4-11(5-7-13)9-15(19)18-10-12-2-1-3-14(17)8-12;/h4-7,12,14H,1-3,8-10,17H2,(H,18,19);1H. The molecule has 1 fully saturated rings. The molecule has 1 aromatic rings. The van der Waals surface area contributed by atoms with Gasteiger partial charge in [0.25, 0.3) is 0 Å². The van der Waals surface area contributed by atoms with Crippen LogP contribution in [0.15, 0.2) is 24.3 Å². The molecule has 1 aliphatic rings. The molecule has 0 saturated heterocycles. The molecule has 0 aromatic heterocycles. The van der Waals surface area contributed by atoms with Gasteiger partial charge in [0.2, 0.25) is 5.91 Å². The summed E-state index contributed by atoms with van der Waals surface area (Å²) in [6.45, 7) is 0.702. The van der Waals surface area contributed by atoms with Crippen LogP contribution < -0.4 is 11.1 Å². The minimum absolute atomic E-state index is 0. The van der Waals surface area contributed by atoms with Crippen molar-refractivity contribution >= 4 is 18.3 Å². The second kappa shape index (κ2) is 8.22. The second-order valence-corrected chi connectivity index (χ2v) is 5.40. The maximum atomic E-state index is 12.7. The van der Waals surface area contributed by atoms with Crippen LogP contribution >= 0.6 is 12.4 Å². The number of carbonyl (C=O) groups excluding carboxylic acids is 1. The first kappa shape index (κ1) is 16.9. The number of carbonyl (C=O) groups is 1. The maximum absolute atomic E-state index is 12.7. The highest BCUT2D eigenvalue weighted by molar-refractivity contribution is 5.85.